The highest BCUT2D eigenvalue weighted by Crippen LogP contribution is 2.23. The average Bonchev–Trinajstić information content (AvgIpc) is 2.50. The molecule has 3 N–H and O–H groups in total. The first-order valence-corrected chi connectivity index (χ1v) is 4.29. The molecule has 1 atom stereocenters. The van der Waals surface area contributed by atoms with Crippen LogP contribution in [0.3, 0.4) is 0 Å². The number of nitrogens with two attached hydrogens (primary N) is 1. The Labute approximate surface area is 68.3 Å². The summed E-state index contributed by atoms with van der Waals surface area (Å²) in [4.78, 5) is 0. The van der Waals surface area contributed by atoms with Crippen LogP contribution in [0.25, 0.3) is 0 Å². The molecule has 1 unspecified atom stereocenters. The molecule has 0 aromatic carbocycles. The normalized spacial score (nSPS) is 31.1. The molecule has 0 amide bonds. The van der Waals surface area contributed by atoms with Gasteiger partial charge in [0.1, 0.15) is 0 Å². The van der Waals surface area contributed by atoms with Gasteiger partial charge in [0.15, 0.2) is 0 Å². The SMILES string of the molecule is COC1(CCCN)CCNC1. The number of rotatable bonds is 4. The van der Waals surface area contributed by atoms with E-state index >= 15 is 0 Å². The monoisotopic (exact) mass is 158 g/mol. The lowest BCUT2D eigenvalue weighted by molar-refractivity contribution is -0.000792. The highest BCUT2D eigenvalue weighted by atomic mass is 16.5. The summed E-state index contributed by atoms with van der Waals surface area (Å²) >= 11 is 0. The lowest BCUT2D eigenvalue weighted by atomic mass is 9.96. The van der Waals surface area contributed by atoms with Gasteiger partial charge in [-0.1, -0.05) is 0 Å². The lowest BCUT2D eigenvalue weighted by Crippen LogP contribution is -2.34. The fourth-order valence-corrected chi connectivity index (χ4v) is 1.63. The Morgan fingerprint density at radius 1 is 1.64 bits per heavy atom. The fraction of sp³-hybridized carbons (Fsp3) is 1.00. The van der Waals surface area contributed by atoms with Crippen molar-refractivity contribution in [1.82, 2.24) is 5.32 Å². The second-order valence-electron chi connectivity index (χ2n) is 3.21. The summed E-state index contributed by atoms with van der Waals surface area (Å²) in [7, 11) is 1.80. The van der Waals surface area contributed by atoms with Gasteiger partial charge in [0.2, 0.25) is 0 Å². The van der Waals surface area contributed by atoms with Gasteiger partial charge in [0.25, 0.3) is 0 Å². The van der Waals surface area contributed by atoms with Crippen molar-refractivity contribution < 1.29 is 4.74 Å². The van der Waals surface area contributed by atoms with Gasteiger partial charge in [-0.25, -0.2) is 0 Å². The molecule has 1 aliphatic heterocycles. The van der Waals surface area contributed by atoms with E-state index in [1.165, 1.54) is 0 Å². The predicted molar refractivity (Wildman–Crippen MR) is 45.5 cm³/mol. The lowest BCUT2D eigenvalue weighted by Gasteiger charge is -2.26. The van der Waals surface area contributed by atoms with Crippen LogP contribution in [0.2, 0.25) is 0 Å². The molecule has 1 fully saturated rings. The molecule has 1 heterocycles. The maximum Gasteiger partial charge on any atom is 0.0815 e. The molecular formula is C8H18N2O. The minimum absolute atomic E-state index is 0.0966. The van der Waals surface area contributed by atoms with E-state index in [4.69, 9.17) is 10.5 Å². The molecule has 0 bridgehead atoms. The molecule has 66 valence electrons. The number of ether oxygens (including phenoxy) is 1. The third kappa shape index (κ3) is 2.15. The maximum atomic E-state index is 5.48. The van der Waals surface area contributed by atoms with Gasteiger partial charge in [-0.05, 0) is 32.4 Å². The fourth-order valence-electron chi connectivity index (χ4n) is 1.63. The van der Waals surface area contributed by atoms with E-state index < -0.39 is 0 Å². The summed E-state index contributed by atoms with van der Waals surface area (Å²) in [5, 5.41) is 3.31. The molecule has 0 aromatic rings. The third-order valence-electron chi connectivity index (χ3n) is 2.47. The van der Waals surface area contributed by atoms with Crippen LogP contribution in [0.1, 0.15) is 19.3 Å². The Hall–Kier alpha value is -0.120. The van der Waals surface area contributed by atoms with E-state index in [0.29, 0.717) is 0 Å². The molecule has 1 aliphatic rings. The van der Waals surface area contributed by atoms with E-state index in [9.17, 15) is 0 Å². The van der Waals surface area contributed by atoms with E-state index in [2.05, 4.69) is 5.32 Å². The van der Waals surface area contributed by atoms with Crippen molar-refractivity contribution in [2.45, 2.75) is 24.9 Å². The Kier molecular flexibility index (Phi) is 3.30. The Bertz CT molecular complexity index is 111. The van der Waals surface area contributed by atoms with Gasteiger partial charge >= 0.3 is 0 Å². The Balaban J connectivity index is 2.33. The van der Waals surface area contributed by atoms with Gasteiger partial charge < -0.3 is 15.8 Å². The van der Waals surface area contributed by atoms with Crippen LogP contribution < -0.4 is 11.1 Å². The van der Waals surface area contributed by atoms with Crippen LogP contribution >= 0.6 is 0 Å². The van der Waals surface area contributed by atoms with Gasteiger partial charge in [0, 0.05) is 13.7 Å². The maximum absolute atomic E-state index is 5.48. The zero-order valence-electron chi connectivity index (χ0n) is 7.23. The van der Waals surface area contributed by atoms with Gasteiger partial charge in [-0.3, -0.25) is 0 Å². The number of hydrogen-bond donors (Lipinski definition) is 2. The minimum atomic E-state index is 0.0966. The molecule has 1 saturated heterocycles. The zero-order chi connectivity index (χ0) is 8.16. The largest absolute Gasteiger partial charge is 0.377 e. The molecule has 3 nitrogen and oxygen atoms in total. The molecule has 1 rings (SSSR count). The molecule has 11 heavy (non-hydrogen) atoms. The summed E-state index contributed by atoms with van der Waals surface area (Å²) in [5.74, 6) is 0. The first-order chi connectivity index (χ1) is 5.33. The highest BCUT2D eigenvalue weighted by molar-refractivity contribution is 4.89. The van der Waals surface area contributed by atoms with E-state index in [0.717, 1.165) is 38.9 Å². The molecule has 0 saturated carbocycles. The smallest absolute Gasteiger partial charge is 0.0815 e. The number of hydrogen-bond acceptors (Lipinski definition) is 3. The molecule has 0 spiro atoms. The Morgan fingerprint density at radius 2 is 2.45 bits per heavy atom. The van der Waals surface area contributed by atoms with Crippen molar-refractivity contribution in [2.75, 3.05) is 26.7 Å². The van der Waals surface area contributed by atoms with Crippen molar-refractivity contribution in [1.29, 1.82) is 0 Å². The van der Waals surface area contributed by atoms with Crippen molar-refractivity contribution in [3.05, 3.63) is 0 Å². The van der Waals surface area contributed by atoms with Gasteiger partial charge in [0.05, 0.1) is 5.60 Å². The number of nitrogens with one attached hydrogen (secondary N) is 1. The van der Waals surface area contributed by atoms with Crippen molar-refractivity contribution in [2.24, 2.45) is 5.73 Å². The first-order valence-electron chi connectivity index (χ1n) is 4.29. The summed E-state index contributed by atoms with van der Waals surface area (Å²) in [6.07, 6.45) is 3.28. The molecule has 0 radical (unpaired) electrons. The van der Waals surface area contributed by atoms with Crippen LogP contribution in [0.15, 0.2) is 0 Å². The van der Waals surface area contributed by atoms with Crippen LogP contribution in [-0.4, -0.2) is 32.3 Å². The van der Waals surface area contributed by atoms with Crippen molar-refractivity contribution in [3.63, 3.8) is 0 Å². The van der Waals surface area contributed by atoms with Crippen molar-refractivity contribution >= 4 is 0 Å². The summed E-state index contributed by atoms with van der Waals surface area (Å²) in [6, 6.07) is 0. The van der Waals surface area contributed by atoms with Crippen LogP contribution in [-0.2, 0) is 4.74 Å². The second-order valence-corrected chi connectivity index (χ2v) is 3.21. The quantitative estimate of drug-likeness (QED) is 0.610. The minimum Gasteiger partial charge on any atom is -0.377 e. The standard InChI is InChI=1S/C8H18N2O/c1-11-8(3-2-5-9)4-6-10-7-8/h10H,2-7,9H2,1H3. The summed E-state index contributed by atoms with van der Waals surface area (Å²) in [6.45, 7) is 2.84. The average molecular weight is 158 g/mol. The van der Waals surface area contributed by atoms with Crippen LogP contribution in [0.4, 0.5) is 0 Å². The van der Waals surface area contributed by atoms with E-state index in [-0.39, 0.29) is 5.60 Å². The molecule has 0 aromatic heterocycles. The molecular weight excluding hydrogens is 140 g/mol. The van der Waals surface area contributed by atoms with E-state index in [1.807, 2.05) is 0 Å². The number of methoxy groups -OCH3 is 1. The topological polar surface area (TPSA) is 47.3 Å². The summed E-state index contributed by atoms with van der Waals surface area (Å²) in [5.41, 5.74) is 5.54. The van der Waals surface area contributed by atoms with Crippen molar-refractivity contribution in [3.8, 4) is 0 Å². The predicted octanol–water partition coefficient (Wildman–Crippen LogP) is 0.104. The first kappa shape index (κ1) is 8.97. The Morgan fingerprint density at radius 3 is 2.91 bits per heavy atom. The zero-order valence-corrected chi connectivity index (χ0v) is 7.23. The second kappa shape index (κ2) is 4.04. The van der Waals surface area contributed by atoms with Gasteiger partial charge in [-0.2, -0.15) is 0 Å². The highest BCUT2D eigenvalue weighted by Gasteiger charge is 2.32. The third-order valence-corrected chi connectivity index (χ3v) is 2.47. The van der Waals surface area contributed by atoms with E-state index in [1.54, 1.807) is 7.11 Å². The molecule has 0 aliphatic carbocycles. The summed E-state index contributed by atoms with van der Waals surface area (Å²) < 4.78 is 5.48. The van der Waals surface area contributed by atoms with Gasteiger partial charge in [-0.15, -0.1) is 0 Å². The van der Waals surface area contributed by atoms with Crippen LogP contribution in [0.5, 0.6) is 0 Å². The van der Waals surface area contributed by atoms with Crippen LogP contribution in [0, 0.1) is 0 Å². The molecule has 3 heteroatoms.